The SMILES string of the molecule is CC1CC1C(NC(=O)/C=C/c1ccc(C(=O)NC2CC2)cc1)c1ccccc1. The summed E-state index contributed by atoms with van der Waals surface area (Å²) in [6.45, 7) is 2.23. The number of rotatable bonds is 7. The van der Waals surface area contributed by atoms with Crippen LogP contribution in [-0.4, -0.2) is 17.9 Å². The number of carbonyl (C=O) groups excluding carboxylic acids is 2. The minimum absolute atomic E-state index is 0.0278. The highest BCUT2D eigenvalue weighted by Crippen LogP contribution is 2.46. The van der Waals surface area contributed by atoms with Crippen LogP contribution in [0.2, 0.25) is 0 Å². The zero-order chi connectivity index (χ0) is 19.5. The Labute approximate surface area is 166 Å². The standard InChI is InChI=1S/C24H26N2O2/c1-16-15-21(16)23(18-5-3-2-4-6-18)26-22(27)14-9-17-7-10-19(11-8-17)24(28)25-20-12-13-20/h2-11,14,16,20-21,23H,12-13,15H2,1H3,(H,25,28)(H,26,27)/b14-9+. The Balaban J connectivity index is 1.37. The van der Waals surface area contributed by atoms with Crippen LogP contribution in [0.1, 0.15) is 53.7 Å². The van der Waals surface area contributed by atoms with Gasteiger partial charge in [0, 0.05) is 17.7 Å². The molecule has 4 nitrogen and oxygen atoms in total. The first-order valence-electron chi connectivity index (χ1n) is 10.0. The molecule has 144 valence electrons. The van der Waals surface area contributed by atoms with Gasteiger partial charge in [0.25, 0.3) is 5.91 Å². The van der Waals surface area contributed by atoms with Gasteiger partial charge in [0.2, 0.25) is 5.91 Å². The van der Waals surface area contributed by atoms with E-state index in [1.165, 1.54) is 0 Å². The Bertz CT molecular complexity index is 869. The van der Waals surface area contributed by atoms with E-state index < -0.39 is 0 Å². The smallest absolute Gasteiger partial charge is 0.251 e. The van der Waals surface area contributed by atoms with Gasteiger partial charge in [-0.3, -0.25) is 9.59 Å². The molecule has 28 heavy (non-hydrogen) atoms. The molecule has 2 N–H and O–H groups in total. The molecule has 0 aromatic heterocycles. The third-order valence-electron chi connectivity index (χ3n) is 5.57. The lowest BCUT2D eigenvalue weighted by Gasteiger charge is -2.18. The van der Waals surface area contributed by atoms with Gasteiger partial charge in [-0.05, 0) is 60.4 Å². The number of hydrogen-bond donors (Lipinski definition) is 2. The maximum atomic E-state index is 12.5. The van der Waals surface area contributed by atoms with Crippen LogP contribution in [0.15, 0.2) is 60.7 Å². The summed E-state index contributed by atoms with van der Waals surface area (Å²) in [5.74, 6) is 1.02. The third kappa shape index (κ3) is 4.69. The van der Waals surface area contributed by atoms with Gasteiger partial charge in [-0.2, -0.15) is 0 Å². The van der Waals surface area contributed by atoms with Crippen LogP contribution in [-0.2, 0) is 4.79 Å². The Morgan fingerprint density at radius 1 is 1.04 bits per heavy atom. The molecule has 2 aliphatic rings. The molecule has 2 saturated carbocycles. The van der Waals surface area contributed by atoms with Gasteiger partial charge >= 0.3 is 0 Å². The van der Waals surface area contributed by atoms with E-state index in [0.717, 1.165) is 30.4 Å². The fourth-order valence-corrected chi connectivity index (χ4v) is 3.53. The lowest BCUT2D eigenvalue weighted by Crippen LogP contribution is -2.28. The first-order chi connectivity index (χ1) is 13.6. The van der Waals surface area contributed by atoms with Crippen molar-refractivity contribution >= 4 is 17.9 Å². The number of amides is 2. The van der Waals surface area contributed by atoms with Crippen LogP contribution >= 0.6 is 0 Å². The number of carbonyl (C=O) groups is 2. The topological polar surface area (TPSA) is 58.2 Å². The highest BCUT2D eigenvalue weighted by atomic mass is 16.2. The summed E-state index contributed by atoms with van der Waals surface area (Å²) < 4.78 is 0. The summed E-state index contributed by atoms with van der Waals surface area (Å²) in [5.41, 5.74) is 2.71. The van der Waals surface area contributed by atoms with Crippen LogP contribution in [0.4, 0.5) is 0 Å². The zero-order valence-corrected chi connectivity index (χ0v) is 16.1. The highest BCUT2D eigenvalue weighted by molar-refractivity contribution is 5.95. The predicted molar refractivity (Wildman–Crippen MR) is 111 cm³/mol. The molecule has 0 aliphatic heterocycles. The van der Waals surface area contributed by atoms with Crippen molar-refractivity contribution in [3.05, 3.63) is 77.4 Å². The van der Waals surface area contributed by atoms with E-state index in [4.69, 9.17) is 0 Å². The van der Waals surface area contributed by atoms with Gasteiger partial charge in [-0.1, -0.05) is 49.4 Å². The van der Waals surface area contributed by atoms with E-state index >= 15 is 0 Å². The molecule has 0 radical (unpaired) electrons. The number of hydrogen-bond acceptors (Lipinski definition) is 2. The second-order valence-corrected chi connectivity index (χ2v) is 7.98. The summed E-state index contributed by atoms with van der Waals surface area (Å²) in [6, 6.07) is 17.9. The lowest BCUT2D eigenvalue weighted by atomic mass is 10.0. The van der Waals surface area contributed by atoms with Crippen LogP contribution < -0.4 is 10.6 Å². The van der Waals surface area contributed by atoms with Crippen LogP contribution in [0.5, 0.6) is 0 Å². The fraction of sp³-hybridized carbons (Fsp3) is 0.333. The molecule has 3 unspecified atom stereocenters. The van der Waals surface area contributed by atoms with Gasteiger partial charge in [0.05, 0.1) is 6.04 Å². The molecule has 2 aromatic rings. The Morgan fingerprint density at radius 2 is 1.71 bits per heavy atom. The van der Waals surface area contributed by atoms with Gasteiger partial charge in [0.15, 0.2) is 0 Å². The number of nitrogens with one attached hydrogen (secondary N) is 2. The first-order valence-corrected chi connectivity index (χ1v) is 10.0. The van der Waals surface area contributed by atoms with Gasteiger partial charge < -0.3 is 10.6 Å². The van der Waals surface area contributed by atoms with Crippen molar-refractivity contribution in [2.75, 3.05) is 0 Å². The van der Waals surface area contributed by atoms with Crippen molar-refractivity contribution in [1.29, 1.82) is 0 Å². The molecule has 2 amide bonds. The second-order valence-electron chi connectivity index (χ2n) is 7.98. The molecule has 2 aliphatic carbocycles. The summed E-state index contributed by atoms with van der Waals surface area (Å²) in [6.07, 6.45) is 6.66. The monoisotopic (exact) mass is 374 g/mol. The molecule has 0 spiro atoms. The molecular formula is C24H26N2O2. The van der Waals surface area contributed by atoms with E-state index in [9.17, 15) is 9.59 Å². The van der Waals surface area contributed by atoms with Crippen molar-refractivity contribution < 1.29 is 9.59 Å². The Kier molecular flexibility index (Phi) is 5.29. The van der Waals surface area contributed by atoms with Crippen molar-refractivity contribution in [2.24, 2.45) is 11.8 Å². The zero-order valence-electron chi connectivity index (χ0n) is 16.1. The minimum atomic E-state index is -0.0940. The highest BCUT2D eigenvalue weighted by Gasteiger charge is 2.40. The fourth-order valence-electron chi connectivity index (χ4n) is 3.53. The van der Waals surface area contributed by atoms with E-state index in [0.29, 0.717) is 23.4 Å². The second kappa shape index (κ2) is 8.01. The summed E-state index contributed by atoms with van der Waals surface area (Å²) in [4.78, 5) is 24.5. The first kappa shape index (κ1) is 18.5. The lowest BCUT2D eigenvalue weighted by molar-refractivity contribution is -0.117. The summed E-state index contributed by atoms with van der Waals surface area (Å²) >= 11 is 0. The molecule has 4 heteroatoms. The largest absolute Gasteiger partial charge is 0.349 e. The molecule has 0 bridgehead atoms. The number of benzene rings is 2. The van der Waals surface area contributed by atoms with Crippen molar-refractivity contribution in [3.63, 3.8) is 0 Å². The van der Waals surface area contributed by atoms with Crippen molar-refractivity contribution in [1.82, 2.24) is 10.6 Å². The average molecular weight is 374 g/mol. The molecule has 4 rings (SSSR count). The molecular weight excluding hydrogens is 348 g/mol. The molecule has 2 aromatic carbocycles. The molecule has 2 fully saturated rings. The Hall–Kier alpha value is -2.88. The molecule has 0 saturated heterocycles. The summed E-state index contributed by atoms with van der Waals surface area (Å²) in [5, 5.41) is 6.14. The molecule has 0 heterocycles. The predicted octanol–water partition coefficient (Wildman–Crippen LogP) is 4.11. The minimum Gasteiger partial charge on any atom is -0.349 e. The van der Waals surface area contributed by atoms with E-state index in [-0.39, 0.29) is 17.9 Å². The maximum absolute atomic E-state index is 12.5. The third-order valence-corrected chi connectivity index (χ3v) is 5.57. The maximum Gasteiger partial charge on any atom is 0.251 e. The quantitative estimate of drug-likeness (QED) is 0.717. The van der Waals surface area contributed by atoms with Gasteiger partial charge in [0.1, 0.15) is 0 Å². The molecule has 3 atom stereocenters. The normalized spacial score (nSPS) is 21.9. The van der Waals surface area contributed by atoms with Gasteiger partial charge in [-0.15, -0.1) is 0 Å². The Morgan fingerprint density at radius 3 is 2.32 bits per heavy atom. The van der Waals surface area contributed by atoms with Crippen LogP contribution in [0.3, 0.4) is 0 Å². The summed E-state index contributed by atoms with van der Waals surface area (Å²) in [7, 11) is 0. The van der Waals surface area contributed by atoms with E-state index in [1.54, 1.807) is 24.3 Å². The van der Waals surface area contributed by atoms with E-state index in [2.05, 4.69) is 29.7 Å². The van der Waals surface area contributed by atoms with Crippen molar-refractivity contribution in [2.45, 2.75) is 38.3 Å². The van der Waals surface area contributed by atoms with Crippen LogP contribution in [0.25, 0.3) is 6.08 Å². The van der Waals surface area contributed by atoms with Gasteiger partial charge in [-0.25, -0.2) is 0 Å². The van der Waals surface area contributed by atoms with Crippen LogP contribution in [0, 0.1) is 11.8 Å². The average Bonchev–Trinajstić information content (AvgIpc) is 3.64. The van der Waals surface area contributed by atoms with E-state index in [1.807, 2.05) is 30.3 Å². The van der Waals surface area contributed by atoms with Crippen molar-refractivity contribution in [3.8, 4) is 0 Å².